The summed E-state index contributed by atoms with van der Waals surface area (Å²) in [6, 6.07) is 0. The van der Waals surface area contributed by atoms with Crippen LogP contribution in [0.5, 0.6) is 0 Å². The number of carbonyl (C=O) groups excluding carboxylic acids is 1. The van der Waals surface area contributed by atoms with Crippen molar-refractivity contribution >= 4 is 5.91 Å². The fraction of sp³-hybridized carbons (Fsp3) is 0.579. The van der Waals surface area contributed by atoms with E-state index < -0.39 is 0 Å². The van der Waals surface area contributed by atoms with Crippen LogP contribution in [-0.2, 0) is 13.0 Å². The minimum absolute atomic E-state index is 0.0209. The lowest BCUT2D eigenvalue weighted by Gasteiger charge is -2.25. The minimum atomic E-state index is -0.0209. The summed E-state index contributed by atoms with van der Waals surface area (Å²) < 4.78 is 1.90. The lowest BCUT2D eigenvalue weighted by Crippen LogP contribution is -2.29. The Labute approximate surface area is 152 Å². The van der Waals surface area contributed by atoms with Crippen molar-refractivity contribution in [1.29, 1.82) is 0 Å². The molecule has 7 nitrogen and oxygen atoms in total. The van der Waals surface area contributed by atoms with E-state index in [0.717, 1.165) is 49.3 Å². The first-order chi connectivity index (χ1) is 12.5. The molecule has 0 aromatic carbocycles. The van der Waals surface area contributed by atoms with Crippen molar-refractivity contribution in [3.05, 3.63) is 44.9 Å². The molecule has 2 aromatic rings. The molecule has 0 bridgehead atoms. The Kier molecular flexibility index (Phi) is 4.17. The summed E-state index contributed by atoms with van der Waals surface area (Å²) >= 11 is 0. The van der Waals surface area contributed by atoms with Gasteiger partial charge in [-0.25, -0.2) is 4.98 Å². The number of hydrogen-bond donors (Lipinski definition) is 1. The first kappa shape index (κ1) is 17.0. The molecule has 1 aliphatic carbocycles. The van der Waals surface area contributed by atoms with Gasteiger partial charge in [0.15, 0.2) is 0 Å². The van der Waals surface area contributed by atoms with Gasteiger partial charge in [-0.3, -0.25) is 14.3 Å². The summed E-state index contributed by atoms with van der Waals surface area (Å²) in [7, 11) is 0. The molecule has 1 saturated heterocycles. The van der Waals surface area contributed by atoms with Gasteiger partial charge in [-0.15, -0.1) is 0 Å². The molecule has 0 saturated carbocycles. The molecule has 7 heteroatoms. The molecule has 3 heterocycles. The van der Waals surface area contributed by atoms with Gasteiger partial charge in [0.2, 0.25) is 0 Å². The van der Waals surface area contributed by atoms with Crippen LogP contribution in [0.4, 0.5) is 0 Å². The Hall–Kier alpha value is -2.44. The van der Waals surface area contributed by atoms with Gasteiger partial charge in [-0.05, 0) is 39.0 Å². The van der Waals surface area contributed by atoms with E-state index in [1.165, 1.54) is 0 Å². The number of aromatic amines is 1. The second-order valence-corrected chi connectivity index (χ2v) is 7.50. The molecule has 1 fully saturated rings. The van der Waals surface area contributed by atoms with Crippen molar-refractivity contribution in [3.8, 4) is 0 Å². The van der Waals surface area contributed by atoms with Crippen LogP contribution in [0.2, 0.25) is 0 Å². The maximum absolute atomic E-state index is 13.1. The highest BCUT2D eigenvalue weighted by Crippen LogP contribution is 2.39. The number of aryl methyl sites for hydroxylation is 2. The lowest BCUT2D eigenvalue weighted by molar-refractivity contribution is 0.0785. The van der Waals surface area contributed by atoms with Gasteiger partial charge in [0.25, 0.3) is 11.5 Å². The molecule has 1 aliphatic heterocycles. The maximum Gasteiger partial charge on any atom is 0.257 e. The average Bonchev–Trinajstić information content (AvgIpc) is 3.19. The fourth-order valence-electron chi connectivity index (χ4n) is 4.41. The Morgan fingerprint density at radius 1 is 1.35 bits per heavy atom. The van der Waals surface area contributed by atoms with Crippen LogP contribution in [-0.4, -0.2) is 43.6 Å². The van der Waals surface area contributed by atoms with E-state index in [4.69, 9.17) is 0 Å². The minimum Gasteiger partial charge on any atom is -0.338 e. The predicted octanol–water partition coefficient (Wildman–Crippen LogP) is 1.80. The molecular formula is C19H25N5O2. The van der Waals surface area contributed by atoms with Gasteiger partial charge in [-0.2, -0.15) is 5.10 Å². The number of nitrogens with one attached hydrogen (secondary N) is 1. The third-order valence-corrected chi connectivity index (χ3v) is 5.78. The van der Waals surface area contributed by atoms with Gasteiger partial charge >= 0.3 is 0 Å². The highest BCUT2D eigenvalue weighted by atomic mass is 16.2. The summed E-state index contributed by atoms with van der Waals surface area (Å²) in [5.41, 5.74) is 3.30. The third-order valence-electron chi connectivity index (χ3n) is 5.78. The monoisotopic (exact) mass is 355 g/mol. The molecule has 26 heavy (non-hydrogen) atoms. The van der Waals surface area contributed by atoms with Gasteiger partial charge < -0.3 is 9.88 Å². The Balaban J connectivity index is 1.60. The van der Waals surface area contributed by atoms with E-state index >= 15 is 0 Å². The topological polar surface area (TPSA) is 83.9 Å². The first-order valence-electron chi connectivity index (χ1n) is 9.41. The van der Waals surface area contributed by atoms with Gasteiger partial charge in [-0.1, -0.05) is 6.92 Å². The number of H-pyrrole nitrogens is 1. The van der Waals surface area contributed by atoms with E-state index in [0.29, 0.717) is 23.9 Å². The molecule has 1 N–H and O–H groups in total. The van der Waals surface area contributed by atoms with Gasteiger partial charge in [0.05, 0.1) is 17.5 Å². The van der Waals surface area contributed by atoms with Crippen molar-refractivity contribution in [2.75, 3.05) is 13.1 Å². The molecule has 0 radical (unpaired) electrons. The molecule has 0 spiro atoms. The summed E-state index contributed by atoms with van der Waals surface area (Å²) in [6.45, 7) is 8.05. The zero-order valence-corrected chi connectivity index (χ0v) is 15.6. The van der Waals surface area contributed by atoms with Crippen LogP contribution >= 0.6 is 0 Å². The third kappa shape index (κ3) is 2.66. The number of fused-ring (bicyclic) bond motifs is 3. The summed E-state index contributed by atoms with van der Waals surface area (Å²) in [4.78, 5) is 34.6. The number of aromatic nitrogens is 4. The number of likely N-dealkylation sites (tertiary alicyclic amines) is 1. The van der Waals surface area contributed by atoms with Crippen LogP contribution in [0.25, 0.3) is 0 Å². The molecule has 2 aromatic heterocycles. The van der Waals surface area contributed by atoms with Crippen molar-refractivity contribution in [2.24, 2.45) is 5.92 Å². The molecule has 4 rings (SSSR count). The fourth-order valence-corrected chi connectivity index (χ4v) is 4.41. The number of hydrogen-bond acceptors (Lipinski definition) is 4. The Bertz CT molecular complexity index is 913. The van der Waals surface area contributed by atoms with Crippen LogP contribution in [0.3, 0.4) is 0 Å². The van der Waals surface area contributed by atoms with Crippen LogP contribution < -0.4 is 5.56 Å². The number of carbonyl (C=O) groups is 1. The molecule has 2 atom stereocenters. The van der Waals surface area contributed by atoms with Crippen molar-refractivity contribution in [2.45, 2.75) is 52.5 Å². The number of amides is 1. The largest absolute Gasteiger partial charge is 0.338 e. The van der Waals surface area contributed by atoms with E-state index in [2.05, 4.69) is 22.0 Å². The summed E-state index contributed by atoms with van der Waals surface area (Å²) in [5.74, 6) is 1.24. The molecule has 2 aliphatic rings. The van der Waals surface area contributed by atoms with Crippen LogP contribution in [0.15, 0.2) is 11.0 Å². The van der Waals surface area contributed by atoms with Gasteiger partial charge in [0.1, 0.15) is 5.82 Å². The highest BCUT2D eigenvalue weighted by Gasteiger charge is 2.41. The maximum atomic E-state index is 13.1. The zero-order valence-electron chi connectivity index (χ0n) is 15.6. The number of nitrogens with zero attached hydrogens (tertiary/aromatic N) is 4. The normalized spacial score (nSPS) is 21.6. The number of rotatable bonds is 3. The van der Waals surface area contributed by atoms with Crippen LogP contribution in [0, 0.1) is 19.8 Å². The summed E-state index contributed by atoms with van der Waals surface area (Å²) in [6.07, 6.45) is 4.36. The van der Waals surface area contributed by atoms with E-state index in [1.54, 1.807) is 6.20 Å². The van der Waals surface area contributed by atoms with E-state index in [-0.39, 0.29) is 17.4 Å². The standard InChI is InChI=1S/C19H25N5O2/c1-4-7-24-11(2)15(8-20-24)19(26)23-9-13-5-6-14-17(16(13)10-23)21-12(3)22-18(14)25/h8,13,16H,4-7,9-10H2,1-3H3,(H,21,22,25)/t13-,16+/m1/s1. The Morgan fingerprint density at radius 2 is 2.15 bits per heavy atom. The van der Waals surface area contributed by atoms with Crippen LogP contribution in [0.1, 0.15) is 58.8 Å². The molecular weight excluding hydrogens is 330 g/mol. The quantitative estimate of drug-likeness (QED) is 0.910. The predicted molar refractivity (Wildman–Crippen MR) is 97.3 cm³/mol. The second-order valence-electron chi connectivity index (χ2n) is 7.50. The SMILES string of the molecule is CCCn1ncc(C(=O)N2C[C@H]3CCc4c(nc(C)[nH]c4=O)[C@H]3C2)c1C. The summed E-state index contributed by atoms with van der Waals surface area (Å²) in [5, 5.41) is 4.36. The lowest BCUT2D eigenvalue weighted by atomic mass is 9.80. The smallest absolute Gasteiger partial charge is 0.257 e. The molecule has 1 amide bonds. The Morgan fingerprint density at radius 3 is 2.92 bits per heavy atom. The molecule has 0 unspecified atom stereocenters. The first-order valence-corrected chi connectivity index (χ1v) is 9.41. The van der Waals surface area contributed by atoms with E-state index in [9.17, 15) is 9.59 Å². The van der Waals surface area contributed by atoms with Gasteiger partial charge in [0, 0.05) is 36.8 Å². The highest BCUT2D eigenvalue weighted by molar-refractivity contribution is 5.95. The average molecular weight is 355 g/mol. The zero-order chi connectivity index (χ0) is 18.4. The van der Waals surface area contributed by atoms with Crippen molar-refractivity contribution in [3.63, 3.8) is 0 Å². The van der Waals surface area contributed by atoms with Crippen molar-refractivity contribution in [1.82, 2.24) is 24.6 Å². The van der Waals surface area contributed by atoms with Crippen molar-refractivity contribution < 1.29 is 4.79 Å². The molecule has 138 valence electrons. The second kappa shape index (κ2) is 6.37. The van der Waals surface area contributed by atoms with E-state index in [1.807, 2.05) is 23.4 Å².